The highest BCUT2D eigenvalue weighted by molar-refractivity contribution is 5.91. The molecule has 1 aromatic carbocycles. The summed E-state index contributed by atoms with van der Waals surface area (Å²) < 4.78 is 9.85. The van der Waals surface area contributed by atoms with E-state index < -0.39 is 5.97 Å². The molecule has 1 N–H and O–H groups in total. The van der Waals surface area contributed by atoms with Gasteiger partial charge in [0.05, 0.1) is 12.2 Å². The summed E-state index contributed by atoms with van der Waals surface area (Å²) >= 11 is 0. The van der Waals surface area contributed by atoms with Gasteiger partial charge in [-0.3, -0.25) is 9.59 Å². The fourth-order valence-corrected chi connectivity index (χ4v) is 3.29. The molecule has 1 saturated carbocycles. The third-order valence-electron chi connectivity index (χ3n) is 4.74. The maximum absolute atomic E-state index is 12.1. The molecule has 1 aliphatic rings. The van der Waals surface area contributed by atoms with E-state index in [-0.39, 0.29) is 24.9 Å². The maximum Gasteiger partial charge on any atom is 0.338 e. The van der Waals surface area contributed by atoms with Crippen LogP contribution < -0.4 is 5.32 Å². The number of benzene rings is 1. The summed E-state index contributed by atoms with van der Waals surface area (Å²) in [4.78, 5) is 35.0. The molecule has 0 heterocycles. The third kappa shape index (κ3) is 7.41. The summed E-state index contributed by atoms with van der Waals surface area (Å²) in [5.74, 6) is -0.586. The van der Waals surface area contributed by atoms with Crippen LogP contribution in [-0.2, 0) is 19.1 Å². The molecular weight excluding hydrogens is 346 g/mol. The lowest BCUT2D eigenvalue weighted by molar-refractivity contribution is -0.143. The second-order valence-electron chi connectivity index (χ2n) is 6.79. The molecule has 0 atom stereocenters. The number of hydrogen-bond donors (Lipinski definition) is 1. The molecule has 1 aliphatic carbocycles. The summed E-state index contributed by atoms with van der Waals surface area (Å²) in [6.07, 6.45) is 7.00. The SMILES string of the molecule is CCOC(=O)CCCNC(=O)COC(=O)c1ccc(C2CCCCC2)cc1. The van der Waals surface area contributed by atoms with Crippen molar-refractivity contribution < 1.29 is 23.9 Å². The molecule has 0 aliphatic heterocycles. The minimum Gasteiger partial charge on any atom is -0.466 e. The van der Waals surface area contributed by atoms with Crippen molar-refractivity contribution in [1.82, 2.24) is 5.32 Å². The molecule has 0 bridgehead atoms. The topological polar surface area (TPSA) is 81.7 Å². The predicted octanol–water partition coefficient (Wildman–Crippen LogP) is 3.35. The molecule has 1 fully saturated rings. The molecule has 148 valence electrons. The van der Waals surface area contributed by atoms with Gasteiger partial charge in [0.15, 0.2) is 6.61 Å². The molecule has 0 aromatic heterocycles. The molecule has 1 aromatic rings. The van der Waals surface area contributed by atoms with Crippen LogP contribution in [0, 0.1) is 0 Å². The van der Waals surface area contributed by atoms with E-state index in [1.165, 1.54) is 37.7 Å². The van der Waals surface area contributed by atoms with Crippen molar-refractivity contribution in [2.75, 3.05) is 19.8 Å². The predicted molar refractivity (Wildman–Crippen MR) is 101 cm³/mol. The highest BCUT2D eigenvalue weighted by Gasteiger charge is 2.16. The lowest BCUT2D eigenvalue weighted by Crippen LogP contribution is -2.30. The van der Waals surface area contributed by atoms with Crippen LogP contribution in [-0.4, -0.2) is 37.6 Å². The Kier molecular flexibility index (Phi) is 8.81. The van der Waals surface area contributed by atoms with E-state index in [2.05, 4.69) is 5.32 Å². The van der Waals surface area contributed by atoms with Gasteiger partial charge in [0.25, 0.3) is 5.91 Å². The molecule has 1 amide bonds. The van der Waals surface area contributed by atoms with Crippen molar-refractivity contribution in [3.63, 3.8) is 0 Å². The first-order valence-electron chi connectivity index (χ1n) is 9.79. The number of nitrogens with one attached hydrogen (secondary N) is 1. The minimum atomic E-state index is -0.508. The summed E-state index contributed by atoms with van der Waals surface area (Å²) in [5.41, 5.74) is 1.72. The van der Waals surface area contributed by atoms with Gasteiger partial charge in [-0.1, -0.05) is 31.4 Å². The molecule has 6 heteroatoms. The van der Waals surface area contributed by atoms with E-state index in [1.807, 2.05) is 12.1 Å². The largest absolute Gasteiger partial charge is 0.466 e. The van der Waals surface area contributed by atoms with Crippen molar-refractivity contribution in [3.05, 3.63) is 35.4 Å². The lowest BCUT2D eigenvalue weighted by atomic mass is 9.84. The normalized spacial score (nSPS) is 14.4. The standard InChI is InChI=1S/C21H29NO5/c1-2-26-20(24)9-6-14-22-19(23)15-27-21(25)18-12-10-17(11-13-18)16-7-4-3-5-8-16/h10-13,16H,2-9,14-15H2,1H3,(H,22,23). The smallest absolute Gasteiger partial charge is 0.338 e. The van der Waals surface area contributed by atoms with Crippen LogP contribution in [0.25, 0.3) is 0 Å². The highest BCUT2D eigenvalue weighted by Crippen LogP contribution is 2.32. The number of amides is 1. The zero-order valence-corrected chi connectivity index (χ0v) is 16.0. The van der Waals surface area contributed by atoms with Crippen LogP contribution in [0.2, 0.25) is 0 Å². The molecule has 6 nitrogen and oxygen atoms in total. The molecule has 0 saturated heterocycles. The molecular formula is C21H29NO5. The van der Waals surface area contributed by atoms with Crippen molar-refractivity contribution in [2.24, 2.45) is 0 Å². The molecule has 0 radical (unpaired) electrons. The van der Waals surface area contributed by atoms with Gasteiger partial charge in [-0.2, -0.15) is 0 Å². The molecule has 0 unspecified atom stereocenters. The molecule has 0 spiro atoms. The number of hydrogen-bond acceptors (Lipinski definition) is 5. The Labute approximate surface area is 160 Å². The van der Waals surface area contributed by atoms with Crippen LogP contribution >= 0.6 is 0 Å². The first kappa shape index (κ1) is 20.9. The number of ether oxygens (including phenoxy) is 2. The van der Waals surface area contributed by atoms with Crippen molar-refractivity contribution in [2.45, 2.75) is 57.8 Å². The number of esters is 2. The van der Waals surface area contributed by atoms with Gasteiger partial charge in [0, 0.05) is 13.0 Å². The summed E-state index contributed by atoms with van der Waals surface area (Å²) in [6, 6.07) is 7.51. The van der Waals surface area contributed by atoms with E-state index in [9.17, 15) is 14.4 Å². The van der Waals surface area contributed by atoms with Crippen LogP contribution in [0.4, 0.5) is 0 Å². The highest BCUT2D eigenvalue weighted by atomic mass is 16.5. The number of carbonyl (C=O) groups excluding carboxylic acids is 3. The minimum absolute atomic E-state index is 0.251. The van der Waals surface area contributed by atoms with Gasteiger partial charge in [-0.05, 0) is 49.8 Å². The Balaban J connectivity index is 1.67. The molecule has 27 heavy (non-hydrogen) atoms. The van der Waals surface area contributed by atoms with Crippen LogP contribution in [0.3, 0.4) is 0 Å². The van der Waals surface area contributed by atoms with E-state index in [4.69, 9.17) is 9.47 Å². The average Bonchev–Trinajstić information content (AvgIpc) is 2.70. The van der Waals surface area contributed by atoms with Crippen molar-refractivity contribution in [1.29, 1.82) is 0 Å². The second-order valence-corrected chi connectivity index (χ2v) is 6.79. The zero-order valence-electron chi connectivity index (χ0n) is 16.0. The Morgan fingerprint density at radius 1 is 1.04 bits per heavy atom. The number of carbonyl (C=O) groups is 3. The number of rotatable bonds is 9. The summed E-state index contributed by atoms with van der Waals surface area (Å²) in [7, 11) is 0. The third-order valence-corrected chi connectivity index (χ3v) is 4.74. The Morgan fingerprint density at radius 2 is 1.74 bits per heavy atom. The van der Waals surface area contributed by atoms with Gasteiger partial charge >= 0.3 is 11.9 Å². The lowest BCUT2D eigenvalue weighted by Gasteiger charge is -2.21. The van der Waals surface area contributed by atoms with Gasteiger partial charge in [0.1, 0.15) is 0 Å². The fourth-order valence-electron chi connectivity index (χ4n) is 3.29. The summed E-state index contributed by atoms with van der Waals surface area (Å²) in [6.45, 7) is 2.11. The van der Waals surface area contributed by atoms with Gasteiger partial charge < -0.3 is 14.8 Å². The van der Waals surface area contributed by atoms with Crippen LogP contribution in [0.15, 0.2) is 24.3 Å². The van der Waals surface area contributed by atoms with Crippen LogP contribution in [0.1, 0.15) is 73.7 Å². The first-order chi connectivity index (χ1) is 13.1. The monoisotopic (exact) mass is 375 g/mol. The van der Waals surface area contributed by atoms with Crippen molar-refractivity contribution in [3.8, 4) is 0 Å². The van der Waals surface area contributed by atoms with E-state index in [1.54, 1.807) is 19.1 Å². The van der Waals surface area contributed by atoms with Crippen molar-refractivity contribution >= 4 is 17.8 Å². The van der Waals surface area contributed by atoms with Crippen LogP contribution in [0.5, 0.6) is 0 Å². The van der Waals surface area contributed by atoms with E-state index >= 15 is 0 Å². The fraction of sp³-hybridized carbons (Fsp3) is 0.571. The van der Waals surface area contributed by atoms with Gasteiger partial charge in [0.2, 0.25) is 0 Å². The Morgan fingerprint density at radius 3 is 2.41 bits per heavy atom. The quantitative estimate of drug-likeness (QED) is 0.529. The summed E-state index contributed by atoms with van der Waals surface area (Å²) in [5, 5.41) is 2.62. The van der Waals surface area contributed by atoms with Gasteiger partial charge in [-0.15, -0.1) is 0 Å². The Hall–Kier alpha value is -2.37. The first-order valence-corrected chi connectivity index (χ1v) is 9.79. The van der Waals surface area contributed by atoms with E-state index in [0.717, 1.165) is 0 Å². The maximum atomic E-state index is 12.1. The van der Waals surface area contributed by atoms with E-state index in [0.29, 0.717) is 31.1 Å². The zero-order chi connectivity index (χ0) is 19.5. The second kappa shape index (κ2) is 11.4. The average molecular weight is 375 g/mol. The molecule has 2 rings (SSSR count). The van der Waals surface area contributed by atoms with Gasteiger partial charge in [-0.25, -0.2) is 4.79 Å². The Bertz CT molecular complexity index is 620.